The number of aliphatic hydroxyl groups is 1. The van der Waals surface area contributed by atoms with Gasteiger partial charge in [-0.2, -0.15) is 5.10 Å². The van der Waals surface area contributed by atoms with Crippen molar-refractivity contribution in [2.75, 3.05) is 19.6 Å². The van der Waals surface area contributed by atoms with Gasteiger partial charge in [0, 0.05) is 49.3 Å². The smallest absolute Gasteiger partial charge is 0.249 e. The Morgan fingerprint density at radius 2 is 1.74 bits per heavy atom. The Morgan fingerprint density at radius 3 is 2.34 bits per heavy atom. The summed E-state index contributed by atoms with van der Waals surface area (Å²) in [6.45, 7) is 8.93. The molecule has 0 fully saturated rings. The average molecular weight is 668 g/mol. The van der Waals surface area contributed by atoms with Gasteiger partial charge in [-0.1, -0.05) is 61.4 Å². The van der Waals surface area contributed by atoms with E-state index in [0.29, 0.717) is 35.1 Å². The molecule has 0 spiro atoms. The molecule has 252 valence electrons. The molecule has 3 atom stereocenters. The van der Waals surface area contributed by atoms with E-state index in [1.807, 2.05) is 51.1 Å². The van der Waals surface area contributed by atoms with Gasteiger partial charge in [0.05, 0.1) is 22.9 Å². The molecule has 8 nitrogen and oxygen atoms in total. The maximum atomic E-state index is 14.3. The largest absolute Gasteiger partial charge is 0.391 e. The van der Waals surface area contributed by atoms with Crippen molar-refractivity contribution in [3.05, 3.63) is 105 Å². The van der Waals surface area contributed by atoms with Crippen LogP contribution in [0.25, 0.3) is 5.69 Å². The molecule has 4 N–H and O–H groups in total. The summed E-state index contributed by atoms with van der Waals surface area (Å²) in [5, 5.41) is 20.0. The summed E-state index contributed by atoms with van der Waals surface area (Å²) in [5.74, 6) is -3.44. The Hall–Kier alpha value is -3.86. The number of halogens is 3. The van der Waals surface area contributed by atoms with E-state index in [-0.39, 0.29) is 37.4 Å². The third-order valence-corrected chi connectivity index (χ3v) is 9.05. The molecule has 11 heteroatoms. The molecule has 2 aromatic carbocycles. The van der Waals surface area contributed by atoms with E-state index >= 15 is 0 Å². The second-order valence-electron chi connectivity index (χ2n) is 12.3. The van der Waals surface area contributed by atoms with Crippen molar-refractivity contribution in [1.29, 1.82) is 0 Å². The summed E-state index contributed by atoms with van der Waals surface area (Å²) < 4.78 is 30.3. The second kappa shape index (κ2) is 15.8. The molecule has 2 amide bonds. The minimum atomic E-state index is -1.52. The molecule has 47 heavy (non-hydrogen) atoms. The molecule has 1 heterocycles. The number of nitrogens with one attached hydrogen (secondary N) is 1. The minimum absolute atomic E-state index is 0.0124. The zero-order valence-electron chi connectivity index (χ0n) is 27.4. The Bertz CT molecular complexity index is 1610. The lowest BCUT2D eigenvalue weighted by Crippen LogP contribution is -2.51. The number of rotatable bonds is 15. The zero-order chi connectivity index (χ0) is 34.3. The van der Waals surface area contributed by atoms with Crippen molar-refractivity contribution in [2.24, 2.45) is 17.1 Å². The normalized spacial score (nSPS) is 17.5. The lowest BCUT2D eigenvalue weighted by molar-refractivity contribution is -0.132. The van der Waals surface area contributed by atoms with E-state index in [2.05, 4.69) is 10.4 Å². The lowest BCUT2D eigenvalue weighted by atomic mass is 9.63. The highest BCUT2D eigenvalue weighted by Gasteiger charge is 2.48. The number of para-hydroxylation sites is 1. The number of aromatic nitrogens is 2. The highest BCUT2D eigenvalue weighted by molar-refractivity contribution is 6.30. The summed E-state index contributed by atoms with van der Waals surface area (Å²) >= 11 is 6.71. The molecule has 3 aromatic rings. The molecule has 1 unspecified atom stereocenters. The lowest BCUT2D eigenvalue weighted by Gasteiger charge is -2.42. The fourth-order valence-electron chi connectivity index (χ4n) is 6.52. The van der Waals surface area contributed by atoms with Gasteiger partial charge in [-0.3, -0.25) is 9.59 Å². The molecular formula is C36H44ClF2N5O3. The van der Waals surface area contributed by atoms with Crippen LogP contribution in [-0.4, -0.2) is 57.3 Å². The fraction of sp³-hybridized carbons (Fsp3) is 0.417. The molecule has 0 saturated heterocycles. The summed E-state index contributed by atoms with van der Waals surface area (Å²) in [4.78, 5) is 29.0. The maximum absolute atomic E-state index is 14.3. The van der Waals surface area contributed by atoms with Gasteiger partial charge in [0.25, 0.3) is 0 Å². The quantitative estimate of drug-likeness (QED) is 0.189. The van der Waals surface area contributed by atoms with Gasteiger partial charge in [-0.05, 0) is 69.4 Å². The number of carbonyl (C=O) groups is 2. The summed E-state index contributed by atoms with van der Waals surface area (Å²) in [5.41, 5.74) is 8.14. The van der Waals surface area contributed by atoms with E-state index in [9.17, 15) is 23.5 Å². The minimum Gasteiger partial charge on any atom is -0.391 e. The van der Waals surface area contributed by atoms with Crippen LogP contribution < -0.4 is 11.1 Å². The highest BCUT2D eigenvalue weighted by atomic mass is 35.5. The van der Waals surface area contributed by atoms with Crippen LogP contribution in [0, 0.1) is 29.9 Å². The van der Waals surface area contributed by atoms with E-state index in [0.717, 1.165) is 30.2 Å². The standard InChI is InChI=1S/C36H44ClF2N5O3/c1-5-12-43(13-6-2)34(46)26-14-23(3)19-36(20-26,35(40)47)31(17-25-15-27(38)18-28(39)16-25)32(45)22-41-21-30-24(4)42-44(33(30)37)29-10-8-7-9-11-29/h7-11,14-16,18-19,31-32,41,45H,5-6,12-13,17,20-22H2,1-4H3,(H2,40,47)/t31-,32+,36?/m1/s1. The summed E-state index contributed by atoms with van der Waals surface area (Å²) in [6.07, 6.45) is 3.60. The van der Waals surface area contributed by atoms with E-state index in [4.69, 9.17) is 17.3 Å². The van der Waals surface area contributed by atoms with Gasteiger partial charge in [0.1, 0.15) is 16.8 Å². The number of hydrogen-bond donors (Lipinski definition) is 3. The Kier molecular flexibility index (Phi) is 12.1. The number of nitrogens with zero attached hydrogens (tertiary/aromatic N) is 3. The number of hydrogen-bond acceptors (Lipinski definition) is 5. The van der Waals surface area contributed by atoms with Crippen molar-refractivity contribution < 1.29 is 23.5 Å². The maximum Gasteiger partial charge on any atom is 0.249 e. The first kappa shape index (κ1) is 36.0. The zero-order valence-corrected chi connectivity index (χ0v) is 28.2. The number of aryl methyl sites for hydroxylation is 1. The van der Waals surface area contributed by atoms with E-state index < -0.39 is 35.0 Å². The monoisotopic (exact) mass is 667 g/mol. The molecule has 0 saturated carbocycles. The number of aliphatic hydroxyl groups excluding tert-OH is 1. The van der Waals surface area contributed by atoms with Gasteiger partial charge in [-0.15, -0.1) is 0 Å². The third kappa shape index (κ3) is 8.36. The van der Waals surface area contributed by atoms with Crippen LogP contribution >= 0.6 is 11.6 Å². The van der Waals surface area contributed by atoms with Crippen LogP contribution in [0.5, 0.6) is 0 Å². The molecule has 4 rings (SSSR count). The summed E-state index contributed by atoms with van der Waals surface area (Å²) in [7, 11) is 0. The van der Waals surface area contributed by atoms with Gasteiger partial charge in [0.15, 0.2) is 0 Å². The Balaban J connectivity index is 1.66. The first-order chi connectivity index (χ1) is 22.4. The van der Waals surface area contributed by atoms with Gasteiger partial charge >= 0.3 is 0 Å². The predicted octanol–water partition coefficient (Wildman–Crippen LogP) is 5.82. The highest BCUT2D eigenvalue weighted by Crippen LogP contribution is 2.44. The van der Waals surface area contributed by atoms with Crippen molar-refractivity contribution in [2.45, 2.75) is 66.0 Å². The summed E-state index contributed by atoms with van der Waals surface area (Å²) in [6, 6.07) is 12.6. The predicted molar refractivity (Wildman–Crippen MR) is 180 cm³/mol. The number of primary amides is 1. The van der Waals surface area contributed by atoms with Crippen LogP contribution in [0.4, 0.5) is 8.78 Å². The first-order valence-corrected chi connectivity index (χ1v) is 16.4. The molecule has 0 aliphatic heterocycles. The first-order valence-electron chi connectivity index (χ1n) is 16.0. The fourth-order valence-corrected chi connectivity index (χ4v) is 6.86. The molecule has 0 bridgehead atoms. The van der Waals surface area contributed by atoms with Crippen LogP contribution in [0.3, 0.4) is 0 Å². The van der Waals surface area contributed by atoms with Gasteiger partial charge < -0.3 is 21.1 Å². The van der Waals surface area contributed by atoms with Crippen molar-refractivity contribution in [3.8, 4) is 5.69 Å². The Morgan fingerprint density at radius 1 is 1.11 bits per heavy atom. The molecule has 0 radical (unpaired) electrons. The van der Waals surface area contributed by atoms with Crippen molar-refractivity contribution in [3.63, 3.8) is 0 Å². The van der Waals surface area contributed by atoms with Crippen LogP contribution in [-0.2, 0) is 22.6 Å². The molecule has 1 aromatic heterocycles. The van der Waals surface area contributed by atoms with Crippen LogP contribution in [0.1, 0.15) is 56.9 Å². The van der Waals surface area contributed by atoms with E-state index in [1.165, 1.54) is 12.1 Å². The number of benzene rings is 2. The number of carbonyl (C=O) groups excluding carboxylic acids is 2. The number of nitrogens with two attached hydrogens (primary N) is 1. The van der Waals surface area contributed by atoms with Crippen molar-refractivity contribution in [1.82, 2.24) is 20.0 Å². The Labute approximate surface area is 280 Å². The SMILES string of the molecule is CCCN(CCC)C(=O)C1=CC(C)=CC(C(N)=O)([C@H](Cc2cc(F)cc(F)c2)[C@@H](O)CNCc2c(C)nn(-c3ccccc3)c2Cl)C1. The third-order valence-electron chi connectivity index (χ3n) is 8.66. The second-order valence-corrected chi connectivity index (χ2v) is 12.7. The molecule has 1 aliphatic rings. The van der Waals surface area contributed by atoms with Crippen molar-refractivity contribution >= 4 is 23.4 Å². The van der Waals surface area contributed by atoms with Gasteiger partial charge in [0.2, 0.25) is 11.8 Å². The molecule has 1 aliphatic carbocycles. The molecular weight excluding hydrogens is 624 g/mol. The number of allylic oxidation sites excluding steroid dienone is 2. The number of amides is 2. The topological polar surface area (TPSA) is 113 Å². The van der Waals surface area contributed by atoms with Gasteiger partial charge in [-0.25, -0.2) is 13.5 Å². The van der Waals surface area contributed by atoms with E-state index in [1.54, 1.807) is 28.7 Å². The average Bonchev–Trinajstić information content (AvgIpc) is 3.31. The van der Waals surface area contributed by atoms with Crippen LogP contribution in [0.2, 0.25) is 5.15 Å². The van der Waals surface area contributed by atoms with Crippen LogP contribution in [0.15, 0.2) is 71.8 Å².